The summed E-state index contributed by atoms with van der Waals surface area (Å²) in [7, 11) is 0. The van der Waals surface area contributed by atoms with Crippen LogP contribution in [0.3, 0.4) is 0 Å². The molecule has 1 unspecified atom stereocenters. The Morgan fingerprint density at radius 1 is 1.35 bits per heavy atom. The van der Waals surface area contributed by atoms with Crippen molar-refractivity contribution < 1.29 is 5.11 Å². The molecule has 1 aromatic rings. The average molecular weight is 237 g/mol. The van der Waals surface area contributed by atoms with Crippen molar-refractivity contribution in [3.05, 3.63) is 29.6 Å². The summed E-state index contributed by atoms with van der Waals surface area (Å²) in [4.78, 5) is 4.28. The number of nitrogens with two attached hydrogens (primary N) is 1. The van der Waals surface area contributed by atoms with E-state index < -0.39 is 0 Å². The number of unbranched alkanes of at least 4 members (excludes halogenated alkanes) is 2. The van der Waals surface area contributed by atoms with E-state index in [0.29, 0.717) is 6.54 Å². The molecule has 1 aromatic heterocycles. The van der Waals surface area contributed by atoms with Crippen LogP contribution in [0.5, 0.6) is 0 Å². The molecule has 4 N–H and O–H groups in total. The maximum absolute atomic E-state index is 8.68. The number of hydrogen-bond acceptors (Lipinski definition) is 4. The van der Waals surface area contributed by atoms with Gasteiger partial charge < -0.3 is 16.2 Å². The summed E-state index contributed by atoms with van der Waals surface area (Å²) < 4.78 is 0. The number of rotatable bonds is 8. The maximum Gasteiger partial charge on any atom is 0.0459 e. The molecule has 4 heteroatoms. The van der Waals surface area contributed by atoms with Crippen molar-refractivity contribution in [3.8, 4) is 0 Å². The summed E-state index contributed by atoms with van der Waals surface area (Å²) in [5, 5.41) is 12.1. The smallest absolute Gasteiger partial charge is 0.0459 e. The Bertz CT molecular complexity index is 300. The van der Waals surface area contributed by atoms with Gasteiger partial charge in [-0.15, -0.1) is 0 Å². The van der Waals surface area contributed by atoms with E-state index in [9.17, 15) is 0 Å². The third-order valence-corrected chi connectivity index (χ3v) is 2.80. The minimum absolute atomic E-state index is 0.178. The molecule has 17 heavy (non-hydrogen) atoms. The summed E-state index contributed by atoms with van der Waals surface area (Å²) in [5.41, 5.74) is 7.91. The molecule has 0 aromatic carbocycles. The zero-order chi connectivity index (χ0) is 12.5. The van der Waals surface area contributed by atoms with E-state index in [2.05, 4.69) is 16.4 Å². The molecule has 0 saturated heterocycles. The van der Waals surface area contributed by atoms with Crippen LogP contribution in [0.1, 0.15) is 36.6 Å². The van der Waals surface area contributed by atoms with Crippen LogP contribution in [0.2, 0.25) is 0 Å². The molecule has 0 saturated carbocycles. The Morgan fingerprint density at radius 3 is 2.76 bits per heavy atom. The molecule has 0 aliphatic rings. The fourth-order valence-electron chi connectivity index (χ4n) is 1.71. The molecule has 0 radical (unpaired) electrons. The Hall–Kier alpha value is -0.970. The highest BCUT2D eigenvalue weighted by molar-refractivity contribution is 5.17. The van der Waals surface area contributed by atoms with Crippen molar-refractivity contribution in [2.45, 2.75) is 32.2 Å². The predicted octanol–water partition coefficient (Wildman–Crippen LogP) is 1.14. The molecule has 0 amide bonds. The van der Waals surface area contributed by atoms with Crippen LogP contribution in [-0.4, -0.2) is 29.8 Å². The van der Waals surface area contributed by atoms with E-state index in [4.69, 9.17) is 10.8 Å². The largest absolute Gasteiger partial charge is 0.396 e. The summed E-state index contributed by atoms with van der Waals surface area (Å²) in [6.07, 6.45) is 4.87. The zero-order valence-corrected chi connectivity index (χ0v) is 10.5. The second-order valence-electron chi connectivity index (χ2n) is 4.26. The van der Waals surface area contributed by atoms with Crippen molar-refractivity contribution in [1.82, 2.24) is 10.3 Å². The van der Waals surface area contributed by atoms with Gasteiger partial charge in [0.1, 0.15) is 0 Å². The predicted molar refractivity (Wildman–Crippen MR) is 69.7 cm³/mol. The summed E-state index contributed by atoms with van der Waals surface area (Å²) in [6, 6.07) is 4.25. The van der Waals surface area contributed by atoms with Gasteiger partial charge in [-0.2, -0.15) is 0 Å². The van der Waals surface area contributed by atoms with Crippen molar-refractivity contribution >= 4 is 0 Å². The summed E-state index contributed by atoms with van der Waals surface area (Å²) in [5.74, 6) is 0. The Balaban J connectivity index is 2.35. The number of hydrogen-bond donors (Lipinski definition) is 3. The van der Waals surface area contributed by atoms with Crippen molar-refractivity contribution in [1.29, 1.82) is 0 Å². The van der Waals surface area contributed by atoms with Gasteiger partial charge in [-0.3, -0.25) is 4.98 Å². The quantitative estimate of drug-likeness (QED) is 0.593. The van der Waals surface area contributed by atoms with Gasteiger partial charge in [0.2, 0.25) is 0 Å². The van der Waals surface area contributed by atoms with Crippen LogP contribution in [0.25, 0.3) is 0 Å². The molecule has 4 nitrogen and oxygen atoms in total. The summed E-state index contributed by atoms with van der Waals surface area (Å²) in [6.45, 7) is 3.76. The van der Waals surface area contributed by atoms with Crippen molar-refractivity contribution in [3.63, 3.8) is 0 Å². The Labute approximate surface area is 103 Å². The summed E-state index contributed by atoms with van der Waals surface area (Å²) >= 11 is 0. The van der Waals surface area contributed by atoms with Gasteiger partial charge in [0.05, 0.1) is 0 Å². The Morgan fingerprint density at radius 2 is 2.18 bits per heavy atom. The number of aromatic nitrogens is 1. The van der Waals surface area contributed by atoms with E-state index in [0.717, 1.165) is 37.1 Å². The molecule has 0 aliphatic heterocycles. The third kappa shape index (κ3) is 5.26. The van der Waals surface area contributed by atoms with Crippen LogP contribution in [0.4, 0.5) is 0 Å². The zero-order valence-electron chi connectivity index (χ0n) is 10.5. The van der Waals surface area contributed by atoms with E-state index in [1.54, 1.807) is 0 Å². The normalized spacial score (nSPS) is 12.6. The molecule has 0 spiro atoms. The fraction of sp³-hybridized carbons (Fsp3) is 0.615. The van der Waals surface area contributed by atoms with Crippen LogP contribution in [-0.2, 0) is 0 Å². The maximum atomic E-state index is 8.68. The van der Waals surface area contributed by atoms with E-state index in [1.807, 2.05) is 19.2 Å². The SMILES string of the molecule is Cc1ccc(C(CN)NCCCCCO)cn1. The molecule has 0 fully saturated rings. The van der Waals surface area contributed by atoms with Gasteiger partial charge in [0.25, 0.3) is 0 Å². The topological polar surface area (TPSA) is 71.2 Å². The molecular formula is C13H23N3O. The van der Waals surface area contributed by atoms with Gasteiger partial charge in [-0.25, -0.2) is 0 Å². The van der Waals surface area contributed by atoms with E-state index >= 15 is 0 Å². The van der Waals surface area contributed by atoms with Crippen LogP contribution in [0, 0.1) is 6.92 Å². The lowest BCUT2D eigenvalue weighted by atomic mass is 10.1. The van der Waals surface area contributed by atoms with Crippen molar-refractivity contribution in [2.75, 3.05) is 19.7 Å². The van der Waals surface area contributed by atoms with Gasteiger partial charge in [0.15, 0.2) is 0 Å². The lowest BCUT2D eigenvalue weighted by Gasteiger charge is -2.17. The van der Waals surface area contributed by atoms with Crippen molar-refractivity contribution in [2.24, 2.45) is 5.73 Å². The highest BCUT2D eigenvalue weighted by Crippen LogP contribution is 2.10. The first-order valence-corrected chi connectivity index (χ1v) is 6.24. The first-order valence-electron chi connectivity index (χ1n) is 6.24. The third-order valence-electron chi connectivity index (χ3n) is 2.80. The number of aryl methyl sites for hydroxylation is 1. The molecular weight excluding hydrogens is 214 g/mol. The number of aliphatic hydroxyl groups excluding tert-OH is 1. The molecule has 0 aliphatic carbocycles. The molecule has 1 heterocycles. The van der Waals surface area contributed by atoms with Gasteiger partial charge in [-0.05, 0) is 44.4 Å². The van der Waals surface area contributed by atoms with E-state index in [-0.39, 0.29) is 12.6 Å². The number of nitrogens with one attached hydrogen (secondary N) is 1. The molecule has 0 bridgehead atoms. The highest BCUT2D eigenvalue weighted by atomic mass is 16.2. The minimum Gasteiger partial charge on any atom is -0.396 e. The number of pyridine rings is 1. The van der Waals surface area contributed by atoms with Gasteiger partial charge >= 0.3 is 0 Å². The van der Waals surface area contributed by atoms with E-state index in [1.165, 1.54) is 0 Å². The molecule has 1 rings (SSSR count). The highest BCUT2D eigenvalue weighted by Gasteiger charge is 2.08. The van der Waals surface area contributed by atoms with Crippen LogP contribution < -0.4 is 11.1 Å². The lowest BCUT2D eigenvalue weighted by molar-refractivity contribution is 0.282. The second kappa shape index (κ2) is 8.17. The van der Waals surface area contributed by atoms with Crippen LogP contribution >= 0.6 is 0 Å². The molecule has 96 valence electrons. The monoisotopic (exact) mass is 237 g/mol. The number of aliphatic hydroxyl groups is 1. The molecule has 1 atom stereocenters. The second-order valence-corrected chi connectivity index (χ2v) is 4.26. The number of nitrogens with zero attached hydrogens (tertiary/aromatic N) is 1. The first kappa shape index (κ1) is 14.1. The fourth-order valence-corrected chi connectivity index (χ4v) is 1.71. The van der Waals surface area contributed by atoms with Crippen LogP contribution in [0.15, 0.2) is 18.3 Å². The first-order chi connectivity index (χ1) is 8.27. The van der Waals surface area contributed by atoms with Gasteiger partial charge in [0, 0.05) is 31.1 Å². The standard InChI is InChI=1S/C13H23N3O/c1-11-5-6-12(10-16-11)13(9-14)15-7-3-2-4-8-17/h5-6,10,13,15,17H,2-4,7-9,14H2,1H3. The van der Waals surface area contributed by atoms with Gasteiger partial charge in [-0.1, -0.05) is 6.07 Å². The minimum atomic E-state index is 0.178. The average Bonchev–Trinajstić information content (AvgIpc) is 2.35. The Kier molecular flexibility index (Phi) is 6.77. The lowest BCUT2D eigenvalue weighted by Crippen LogP contribution is -2.29.